The fourth-order valence-corrected chi connectivity index (χ4v) is 4.26. The molecule has 5 nitrogen and oxygen atoms in total. The summed E-state index contributed by atoms with van der Waals surface area (Å²) in [6, 6.07) is 9.95. The van der Waals surface area contributed by atoms with Crippen LogP contribution in [0.3, 0.4) is 0 Å². The van der Waals surface area contributed by atoms with E-state index < -0.39 is 0 Å². The second-order valence-electron chi connectivity index (χ2n) is 6.64. The number of aryl methyl sites for hydroxylation is 1. The van der Waals surface area contributed by atoms with Crippen LogP contribution in [-0.2, 0) is 11.2 Å². The average Bonchev–Trinajstić information content (AvgIpc) is 3.24. The number of aromatic nitrogens is 2. The zero-order valence-corrected chi connectivity index (χ0v) is 14.7. The minimum absolute atomic E-state index is 0.0111. The predicted molar refractivity (Wildman–Crippen MR) is 97.4 cm³/mol. The quantitative estimate of drug-likeness (QED) is 0.714. The Morgan fingerprint density at radius 1 is 1.36 bits per heavy atom. The van der Waals surface area contributed by atoms with E-state index in [1.165, 1.54) is 0 Å². The lowest BCUT2D eigenvalue weighted by Crippen LogP contribution is -2.41. The van der Waals surface area contributed by atoms with Gasteiger partial charge in [-0.1, -0.05) is 12.1 Å². The van der Waals surface area contributed by atoms with Gasteiger partial charge in [0, 0.05) is 23.7 Å². The fourth-order valence-electron chi connectivity index (χ4n) is 3.39. The highest BCUT2D eigenvalue weighted by atomic mass is 32.1. The third-order valence-electron chi connectivity index (χ3n) is 4.81. The number of hydrogen-bond acceptors (Lipinski definition) is 4. The van der Waals surface area contributed by atoms with Crippen LogP contribution < -0.4 is 5.32 Å². The SMILES string of the molecule is O=C(CCc1cn2ccccc2n1)N[C@@H](c1cccs1)C1CC(O)C1. The van der Waals surface area contributed by atoms with Gasteiger partial charge in [0.1, 0.15) is 5.65 Å². The van der Waals surface area contributed by atoms with Gasteiger partial charge in [0.05, 0.1) is 17.8 Å². The molecule has 2 N–H and O–H groups in total. The normalized spacial score (nSPS) is 21.0. The van der Waals surface area contributed by atoms with Gasteiger partial charge < -0.3 is 14.8 Å². The van der Waals surface area contributed by atoms with E-state index in [0.717, 1.165) is 29.1 Å². The minimum atomic E-state index is -0.220. The van der Waals surface area contributed by atoms with Crippen LogP contribution in [0.5, 0.6) is 0 Å². The molecule has 1 aliphatic rings. The fraction of sp³-hybridized carbons (Fsp3) is 0.368. The van der Waals surface area contributed by atoms with E-state index in [9.17, 15) is 9.90 Å². The summed E-state index contributed by atoms with van der Waals surface area (Å²) < 4.78 is 1.97. The van der Waals surface area contributed by atoms with Gasteiger partial charge in [-0.05, 0) is 48.8 Å². The number of amides is 1. The molecule has 1 amide bonds. The smallest absolute Gasteiger partial charge is 0.220 e. The number of rotatable bonds is 6. The van der Waals surface area contributed by atoms with Crippen molar-refractivity contribution in [1.29, 1.82) is 0 Å². The first-order valence-corrected chi connectivity index (χ1v) is 9.50. The van der Waals surface area contributed by atoms with Gasteiger partial charge in [0.25, 0.3) is 0 Å². The summed E-state index contributed by atoms with van der Waals surface area (Å²) in [5.74, 6) is 0.365. The monoisotopic (exact) mass is 355 g/mol. The van der Waals surface area contributed by atoms with Gasteiger partial charge in [-0.3, -0.25) is 4.79 Å². The van der Waals surface area contributed by atoms with Crippen molar-refractivity contribution in [3.8, 4) is 0 Å². The molecule has 3 heterocycles. The second kappa shape index (κ2) is 6.98. The Hall–Kier alpha value is -2.18. The number of pyridine rings is 1. The van der Waals surface area contributed by atoms with E-state index in [1.807, 2.05) is 46.4 Å². The van der Waals surface area contributed by atoms with Gasteiger partial charge in [0.2, 0.25) is 5.91 Å². The van der Waals surface area contributed by atoms with Gasteiger partial charge >= 0.3 is 0 Å². The van der Waals surface area contributed by atoms with E-state index in [1.54, 1.807) is 11.3 Å². The standard InChI is InChI=1S/C19H21N3O2S/c23-15-10-13(11-15)19(16-4-3-9-25-16)21-18(24)7-6-14-12-22-8-2-1-5-17(22)20-14/h1-5,8-9,12-13,15,19,23H,6-7,10-11H2,(H,21,24)/t13?,15?,19-/m1/s1. The molecule has 3 aromatic heterocycles. The van der Waals surface area contributed by atoms with Crippen LogP contribution in [-0.4, -0.2) is 26.5 Å². The number of hydrogen-bond donors (Lipinski definition) is 2. The molecule has 3 aromatic rings. The van der Waals surface area contributed by atoms with Crippen molar-refractivity contribution in [2.24, 2.45) is 5.92 Å². The Bertz CT molecular complexity index is 820. The van der Waals surface area contributed by atoms with Gasteiger partial charge in [-0.15, -0.1) is 11.3 Å². The Labute approximate surface area is 150 Å². The molecule has 6 heteroatoms. The number of imidazole rings is 1. The van der Waals surface area contributed by atoms with E-state index in [-0.39, 0.29) is 18.1 Å². The Morgan fingerprint density at radius 2 is 2.24 bits per heavy atom. The predicted octanol–water partition coefficient (Wildman–Crippen LogP) is 2.96. The maximum atomic E-state index is 12.5. The van der Waals surface area contributed by atoms with E-state index in [2.05, 4.69) is 16.4 Å². The highest BCUT2D eigenvalue weighted by Crippen LogP contribution is 2.39. The number of aliphatic hydroxyl groups excluding tert-OH is 1. The van der Waals surface area contributed by atoms with Crippen molar-refractivity contribution in [1.82, 2.24) is 14.7 Å². The Balaban J connectivity index is 1.38. The van der Waals surface area contributed by atoms with Crippen molar-refractivity contribution in [2.75, 3.05) is 0 Å². The number of nitrogens with zero attached hydrogens (tertiary/aromatic N) is 2. The Morgan fingerprint density at radius 3 is 2.96 bits per heavy atom. The third-order valence-corrected chi connectivity index (χ3v) is 5.76. The molecule has 1 saturated carbocycles. The molecule has 0 unspecified atom stereocenters. The van der Waals surface area contributed by atoms with E-state index >= 15 is 0 Å². The first-order chi connectivity index (χ1) is 12.2. The van der Waals surface area contributed by atoms with Crippen molar-refractivity contribution < 1.29 is 9.90 Å². The number of aliphatic hydroxyl groups is 1. The summed E-state index contributed by atoms with van der Waals surface area (Å²) in [5, 5.41) is 14.8. The molecule has 0 aromatic carbocycles. The molecular formula is C19H21N3O2S. The molecule has 25 heavy (non-hydrogen) atoms. The maximum absolute atomic E-state index is 12.5. The maximum Gasteiger partial charge on any atom is 0.220 e. The van der Waals surface area contributed by atoms with Crippen LogP contribution >= 0.6 is 11.3 Å². The van der Waals surface area contributed by atoms with Crippen molar-refractivity contribution in [3.63, 3.8) is 0 Å². The van der Waals surface area contributed by atoms with Crippen molar-refractivity contribution >= 4 is 22.9 Å². The van der Waals surface area contributed by atoms with Gasteiger partial charge in [-0.2, -0.15) is 0 Å². The van der Waals surface area contributed by atoms with Crippen LogP contribution in [0.25, 0.3) is 5.65 Å². The summed E-state index contributed by atoms with van der Waals surface area (Å²) in [4.78, 5) is 18.2. The molecular weight excluding hydrogens is 334 g/mol. The number of fused-ring (bicyclic) bond motifs is 1. The van der Waals surface area contributed by atoms with Crippen molar-refractivity contribution in [3.05, 3.63) is 58.7 Å². The first kappa shape index (κ1) is 16.3. The van der Waals surface area contributed by atoms with Crippen LogP contribution in [0.1, 0.15) is 35.9 Å². The number of nitrogens with one attached hydrogen (secondary N) is 1. The van der Waals surface area contributed by atoms with Crippen LogP contribution in [0, 0.1) is 5.92 Å². The zero-order valence-electron chi connectivity index (χ0n) is 13.8. The minimum Gasteiger partial charge on any atom is -0.393 e. The first-order valence-electron chi connectivity index (χ1n) is 8.62. The van der Waals surface area contributed by atoms with Gasteiger partial charge in [-0.25, -0.2) is 4.98 Å². The van der Waals surface area contributed by atoms with Crippen LogP contribution in [0.4, 0.5) is 0 Å². The molecule has 0 radical (unpaired) electrons. The second-order valence-corrected chi connectivity index (χ2v) is 7.62. The molecule has 130 valence electrons. The molecule has 0 saturated heterocycles. The summed E-state index contributed by atoms with van der Waals surface area (Å²) >= 11 is 1.66. The molecule has 1 fully saturated rings. The zero-order chi connectivity index (χ0) is 17.2. The highest BCUT2D eigenvalue weighted by Gasteiger charge is 2.36. The topological polar surface area (TPSA) is 66.6 Å². The number of thiophene rings is 1. The molecule has 0 spiro atoms. The van der Waals surface area contributed by atoms with Crippen LogP contribution in [0.15, 0.2) is 48.1 Å². The summed E-state index contributed by atoms with van der Waals surface area (Å²) in [7, 11) is 0. The molecule has 1 aliphatic carbocycles. The molecule has 4 rings (SSSR count). The molecule has 1 atom stereocenters. The van der Waals surface area contributed by atoms with Crippen molar-refractivity contribution in [2.45, 2.75) is 37.8 Å². The van der Waals surface area contributed by atoms with E-state index in [4.69, 9.17) is 0 Å². The average molecular weight is 355 g/mol. The van der Waals surface area contributed by atoms with Gasteiger partial charge in [0.15, 0.2) is 0 Å². The van der Waals surface area contributed by atoms with E-state index in [0.29, 0.717) is 18.8 Å². The third kappa shape index (κ3) is 3.60. The lowest BCUT2D eigenvalue weighted by atomic mass is 9.76. The summed E-state index contributed by atoms with van der Waals surface area (Å²) in [6.07, 6.45) is 6.27. The summed E-state index contributed by atoms with van der Waals surface area (Å²) in [6.45, 7) is 0. The largest absolute Gasteiger partial charge is 0.393 e. The molecule has 0 bridgehead atoms. The number of carbonyl (C=O) groups excluding carboxylic acids is 1. The lowest BCUT2D eigenvalue weighted by Gasteiger charge is -2.37. The summed E-state index contributed by atoms with van der Waals surface area (Å²) in [5.41, 5.74) is 1.82. The lowest BCUT2D eigenvalue weighted by molar-refractivity contribution is -0.123. The van der Waals surface area contributed by atoms with Crippen LogP contribution in [0.2, 0.25) is 0 Å². The highest BCUT2D eigenvalue weighted by molar-refractivity contribution is 7.10. The molecule has 0 aliphatic heterocycles. The number of carbonyl (C=O) groups is 1. The Kier molecular flexibility index (Phi) is 4.55.